The summed E-state index contributed by atoms with van der Waals surface area (Å²) in [5.41, 5.74) is 2.63. The number of ether oxygens (including phenoxy) is 1. The van der Waals surface area contributed by atoms with Crippen LogP contribution in [0.25, 0.3) is 0 Å². The Bertz CT molecular complexity index is 633. The highest BCUT2D eigenvalue weighted by Gasteiger charge is 2.30. The second kappa shape index (κ2) is 8.10. The summed E-state index contributed by atoms with van der Waals surface area (Å²) in [5, 5.41) is 13.4. The van der Waals surface area contributed by atoms with E-state index in [-0.39, 0.29) is 30.9 Å². The third kappa shape index (κ3) is 4.10. The van der Waals surface area contributed by atoms with Gasteiger partial charge in [-0.05, 0) is 45.4 Å². The summed E-state index contributed by atoms with van der Waals surface area (Å²) in [6.45, 7) is 3.45. The van der Waals surface area contributed by atoms with Crippen molar-refractivity contribution in [3.05, 3.63) is 17.0 Å². The van der Waals surface area contributed by atoms with E-state index in [4.69, 9.17) is 9.84 Å². The van der Waals surface area contributed by atoms with E-state index in [1.54, 1.807) is 11.6 Å². The molecule has 3 rings (SSSR count). The van der Waals surface area contributed by atoms with E-state index in [1.807, 2.05) is 4.90 Å². The molecule has 1 aromatic heterocycles. The number of piperidine rings is 1. The van der Waals surface area contributed by atoms with Crippen LogP contribution in [0.3, 0.4) is 0 Å². The Morgan fingerprint density at radius 2 is 1.96 bits per heavy atom. The van der Waals surface area contributed by atoms with Crippen LogP contribution in [-0.2, 0) is 28.9 Å². The maximum absolute atomic E-state index is 13.0. The molecule has 0 saturated carbocycles. The van der Waals surface area contributed by atoms with Crippen LogP contribution >= 0.6 is 0 Å². The van der Waals surface area contributed by atoms with E-state index in [0.29, 0.717) is 25.4 Å². The monoisotopic (exact) mass is 349 g/mol. The summed E-state index contributed by atoms with van der Waals surface area (Å²) in [4.78, 5) is 26.3. The normalized spacial score (nSPS) is 18.2. The lowest BCUT2D eigenvalue weighted by Crippen LogP contribution is -2.41. The highest BCUT2D eigenvalue weighted by Crippen LogP contribution is 2.26. The summed E-state index contributed by atoms with van der Waals surface area (Å²) >= 11 is 0. The molecule has 1 fully saturated rings. The van der Waals surface area contributed by atoms with E-state index in [1.165, 1.54) is 0 Å². The van der Waals surface area contributed by atoms with E-state index in [2.05, 4.69) is 5.10 Å². The van der Waals surface area contributed by atoms with Crippen molar-refractivity contribution >= 4 is 11.7 Å². The van der Waals surface area contributed by atoms with Gasteiger partial charge >= 0.3 is 0 Å². The van der Waals surface area contributed by atoms with E-state index >= 15 is 0 Å². The third-order valence-corrected chi connectivity index (χ3v) is 5.01. The number of fused-ring (bicyclic) bond motifs is 1. The Morgan fingerprint density at radius 3 is 2.64 bits per heavy atom. The molecule has 7 heteroatoms. The number of hydrogen-bond acceptors (Lipinski definition) is 5. The number of likely N-dealkylation sites (tertiary alicyclic amines) is 1. The van der Waals surface area contributed by atoms with Gasteiger partial charge in [-0.1, -0.05) is 0 Å². The molecule has 1 N–H and O–H groups in total. The Morgan fingerprint density at radius 1 is 1.24 bits per heavy atom. The molecule has 0 spiro atoms. The van der Waals surface area contributed by atoms with Crippen LogP contribution in [0.4, 0.5) is 0 Å². The zero-order valence-electron chi connectivity index (χ0n) is 14.9. The minimum absolute atomic E-state index is 0.0267. The fourth-order valence-corrected chi connectivity index (χ4v) is 3.78. The number of aliphatic hydroxyl groups is 1. The maximum atomic E-state index is 13.0. The first-order valence-electron chi connectivity index (χ1n) is 9.20. The minimum Gasteiger partial charge on any atom is -0.394 e. The Kier molecular flexibility index (Phi) is 5.86. The number of hydrogen-bond donors (Lipinski definition) is 1. The van der Waals surface area contributed by atoms with E-state index in [9.17, 15) is 9.59 Å². The van der Waals surface area contributed by atoms with Gasteiger partial charge in [0.25, 0.3) is 5.91 Å². The van der Waals surface area contributed by atoms with Gasteiger partial charge in [-0.3, -0.25) is 14.3 Å². The number of nitrogens with zero attached hydrogens (tertiary/aromatic N) is 3. The lowest BCUT2D eigenvalue weighted by atomic mass is 9.95. The van der Waals surface area contributed by atoms with Crippen molar-refractivity contribution in [2.45, 2.75) is 58.1 Å². The predicted octanol–water partition coefficient (Wildman–Crippen LogP) is 0.964. The first kappa shape index (κ1) is 18.1. The van der Waals surface area contributed by atoms with Crippen molar-refractivity contribution in [2.24, 2.45) is 0 Å². The molecule has 138 valence electrons. The number of Topliss-reactive ketones (excluding diaryl/α,β-unsaturated/α-hetero) is 1. The molecule has 0 unspecified atom stereocenters. The first-order chi connectivity index (χ1) is 12.1. The van der Waals surface area contributed by atoms with Crippen molar-refractivity contribution in [1.29, 1.82) is 0 Å². The molecule has 0 bridgehead atoms. The van der Waals surface area contributed by atoms with Crippen molar-refractivity contribution in [2.75, 3.05) is 26.3 Å². The lowest BCUT2D eigenvalue weighted by Gasteiger charge is -2.31. The predicted molar refractivity (Wildman–Crippen MR) is 91.5 cm³/mol. The molecule has 0 radical (unpaired) electrons. The van der Waals surface area contributed by atoms with Crippen LogP contribution in [0, 0.1) is 0 Å². The summed E-state index contributed by atoms with van der Waals surface area (Å²) in [6.07, 6.45) is 5.57. The summed E-state index contributed by atoms with van der Waals surface area (Å²) in [6, 6.07) is 0. The zero-order chi connectivity index (χ0) is 17.8. The van der Waals surface area contributed by atoms with Gasteiger partial charge in [0, 0.05) is 24.3 Å². The molecule has 25 heavy (non-hydrogen) atoms. The quantitative estimate of drug-likeness (QED) is 0.827. The van der Waals surface area contributed by atoms with Crippen molar-refractivity contribution in [3.63, 3.8) is 0 Å². The first-order valence-corrected chi connectivity index (χ1v) is 9.20. The van der Waals surface area contributed by atoms with E-state index in [0.717, 1.165) is 49.8 Å². The molecule has 2 aliphatic rings. The average Bonchev–Trinajstić information content (AvgIpc) is 2.98. The van der Waals surface area contributed by atoms with Crippen LogP contribution < -0.4 is 0 Å². The average molecular weight is 349 g/mol. The van der Waals surface area contributed by atoms with Gasteiger partial charge in [0.1, 0.15) is 0 Å². The molecule has 2 heterocycles. The van der Waals surface area contributed by atoms with Crippen molar-refractivity contribution in [3.8, 4) is 0 Å². The number of amides is 1. The summed E-state index contributed by atoms with van der Waals surface area (Å²) in [5.74, 6) is 0.0257. The van der Waals surface area contributed by atoms with Gasteiger partial charge in [0.2, 0.25) is 0 Å². The molecular formula is C18H27N3O4. The van der Waals surface area contributed by atoms with Crippen LogP contribution in [0.5, 0.6) is 0 Å². The molecule has 1 saturated heterocycles. The van der Waals surface area contributed by atoms with E-state index < -0.39 is 0 Å². The standard InChI is InChI=1S/C18H27N3O4/c1-13(23)12-21-16-5-3-2-4-15(16)17(19-21)18(24)20-8-6-14(7-9-20)25-11-10-22/h14,22H,2-12H2,1H3. The molecule has 0 aromatic carbocycles. The van der Waals surface area contributed by atoms with Gasteiger partial charge in [0.05, 0.1) is 25.9 Å². The molecule has 0 atom stereocenters. The number of carbonyl (C=O) groups is 2. The van der Waals surface area contributed by atoms with Gasteiger partial charge in [-0.15, -0.1) is 0 Å². The number of ketones is 1. The van der Waals surface area contributed by atoms with Crippen LogP contribution in [0.1, 0.15) is 54.4 Å². The Balaban J connectivity index is 1.72. The Hall–Kier alpha value is -1.73. The minimum atomic E-state index is -0.0268. The second-order valence-corrected chi connectivity index (χ2v) is 6.93. The highest BCUT2D eigenvalue weighted by molar-refractivity contribution is 5.94. The molecule has 7 nitrogen and oxygen atoms in total. The van der Waals surface area contributed by atoms with Gasteiger partial charge < -0.3 is 14.7 Å². The number of rotatable bonds is 6. The van der Waals surface area contributed by atoms with Crippen LogP contribution in [0.15, 0.2) is 0 Å². The number of carbonyl (C=O) groups excluding carboxylic acids is 2. The second-order valence-electron chi connectivity index (χ2n) is 6.93. The molecule has 1 aliphatic heterocycles. The Labute approximate surface area is 147 Å². The molecular weight excluding hydrogens is 322 g/mol. The van der Waals surface area contributed by atoms with Gasteiger partial charge in [0.15, 0.2) is 11.5 Å². The maximum Gasteiger partial charge on any atom is 0.274 e. The zero-order valence-corrected chi connectivity index (χ0v) is 14.9. The van der Waals surface area contributed by atoms with Crippen molar-refractivity contribution < 1.29 is 19.4 Å². The van der Waals surface area contributed by atoms with Gasteiger partial charge in [-0.25, -0.2) is 0 Å². The fourth-order valence-electron chi connectivity index (χ4n) is 3.78. The van der Waals surface area contributed by atoms with Crippen molar-refractivity contribution in [1.82, 2.24) is 14.7 Å². The molecule has 1 aliphatic carbocycles. The molecule has 1 aromatic rings. The van der Waals surface area contributed by atoms with Gasteiger partial charge in [-0.2, -0.15) is 5.10 Å². The fraction of sp³-hybridized carbons (Fsp3) is 0.722. The summed E-state index contributed by atoms with van der Waals surface area (Å²) in [7, 11) is 0. The lowest BCUT2D eigenvalue weighted by molar-refractivity contribution is -0.117. The SMILES string of the molecule is CC(=O)Cn1nc(C(=O)N2CCC(OCCO)CC2)c2c1CCCC2. The summed E-state index contributed by atoms with van der Waals surface area (Å²) < 4.78 is 7.30. The third-order valence-electron chi connectivity index (χ3n) is 5.01. The smallest absolute Gasteiger partial charge is 0.274 e. The van der Waals surface area contributed by atoms with Crippen LogP contribution in [-0.4, -0.2) is 63.9 Å². The highest BCUT2D eigenvalue weighted by atomic mass is 16.5. The number of aromatic nitrogens is 2. The molecule has 1 amide bonds. The largest absolute Gasteiger partial charge is 0.394 e. The van der Waals surface area contributed by atoms with Crippen LogP contribution in [0.2, 0.25) is 0 Å². The topological polar surface area (TPSA) is 84.7 Å². The number of aliphatic hydroxyl groups excluding tert-OH is 1.